The molecule has 0 amide bonds. The van der Waals surface area contributed by atoms with E-state index in [0.717, 1.165) is 29.4 Å². The Balaban J connectivity index is 1.35. The number of benzene rings is 2. The van der Waals surface area contributed by atoms with Crippen molar-refractivity contribution in [2.45, 2.75) is 63.3 Å². The molecule has 142 valence electrons. The fraction of sp³-hybridized carbons (Fsp3) is 0.435. The Hall–Kier alpha value is -1.65. The molecule has 2 aromatic carbocycles. The zero-order valence-electron chi connectivity index (χ0n) is 15.7. The molecule has 4 heteroatoms. The lowest BCUT2D eigenvalue weighted by Crippen LogP contribution is -2.45. The maximum atomic E-state index is 12.7. The van der Waals surface area contributed by atoms with Crippen LogP contribution < -0.4 is 0 Å². The first-order valence-corrected chi connectivity index (χ1v) is 10.6. The number of hydrogen-bond donors (Lipinski definition) is 0. The van der Waals surface area contributed by atoms with Gasteiger partial charge in [0, 0.05) is 35.9 Å². The molecule has 0 spiro atoms. The molecule has 27 heavy (non-hydrogen) atoms. The highest BCUT2D eigenvalue weighted by molar-refractivity contribution is 9.10. The molecule has 0 N–H and O–H groups in total. The van der Waals surface area contributed by atoms with Crippen molar-refractivity contribution < 1.29 is 9.53 Å². The molecule has 0 aromatic heterocycles. The highest BCUT2D eigenvalue weighted by Gasteiger charge is 2.42. The standard InChI is InChI=1S/C23H26BrNO2/c1-16(18-7-9-19(24)10-8-18)23(26)27-22-13-20-11-12-21(14-22)25(20)15-17-5-3-2-4-6-17/h2-10,16,20-22H,11-15H2,1H3. The van der Waals surface area contributed by atoms with Crippen molar-refractivity contribution in [3.63, 3.8) is 0 Å². The summed E-state index contributed by atoms with van der Waals surface area (Å²) in [5, 5.41) is 0. The zero-order valence-corrected chi connectivity index (χ0v) is 17.3. The predicted octanol–water partition coefficient (Wildman–Crippen LogP) is 5.29. The third kappa shape index (κ3) is 4.27. The second kappa shape index (κ2) is 8.15. The van der Waals surface area contributed by atoms with Gasteiger partial charge in [-0.1, -0.05) is 58.4 Å². The van der Waals surface area contributed by atoms with E-state index in [1.807, 2.05) is 31.2 Å². The van der Waals surface area contributed by atoms with Gasteiger partial charge in [0.1, 0.15) is 6.10 Å². The second-order valence-corrected chi connectivity index (χ2v) is 8.76. The smallest absolute Gasteiger partial charge is 0.313 e. The van der Waals surface area contributed by atoms with Crippen LogP contribution in [0.3, 0.4) is 0 Å². The third-order valence-corrected chi connectivity index (χ3v) is 6.58. The van der Waals surface area contributed by atoms with Crippen LogP contribution in [-0.2, 0) is 16.1 Å². The molecule has 4 rings (SSSR count). The zero-order chi connectivity index (χ0) is 18.8. The number of hydrogen-bond acceptors (Lipinski definition) is 3. The van der Waals surface area contributed by atoms with Crippen LogP contribution in [0, 0.1) is 0 Å². The summed E-state index contributed by atoms with van der Waals surface area (Å²) >= 11 is 3.44. The van der Waals surface area contributed by atoms with E-state index in [2.05, 4.69) is 51.2 Å². The molecular formula is C23H26BrNO2. The summed E-state index contributed by atoms with van der Waals surface area (Å²) in [6, 6.07) is 19.7. The van der Waals surface area contributed by atoms with E-state index < -0.39 is 0 Å². The van der Waals surface area contributed by atoms with Gasteiger partial charge in [-0.2, -0.15) is 0 Å². The molecule has 2 aromatic rings. The van der Waals surface area contributed by atoms with Crippen LogP contribution in [-0.4, -0.2) is 29.1 Å². The number of nitrogens with zero attached hydrogens (tertiary/aromatic N) is 1. The summed E-state index contributed by atoms with van der Waals surface area (Å²) in [6.07, 6.45) is 4.41. The molecule has 2 aliphatic rings. The third-order valence-electron chi connectivity index (χ3n) is 6.06. The predicted molar refractivity (Wildman–Crippen MR) is 110 cm³/mol. The number of carbonyl (C=O) groups is 1. The Morgan fingerprint density at radius 1 is 1.07 bits per heavy atom. The first-order valence-electron chi connectivity index (χ1n) is 9.86. The van der Waals surface area contributed by atoms with Gasteiger partial charge in [-0.3, -0.25) is 9.69 Å². The van der Waals surface area contributed by atoms with Gasteiger partial charge in [-0.05, 0) is 43.0 Å². The van der Waals surface area contributed by atoms with Gasteiger partial charge < -0.3 is 4.74 Å². The van der Waals surface area contributed by atoms with Crippen molar-refractivity contribution in [1.29, 1.82) is 0 Å². The Labute approximate surface area is 169 Å². The topological polar surface area (TPSA) is 29.5 Å². The summed E-state index contributed by atoms with van der Waals surface area (Å²) in [4.78, 5) is 15.3. The van der Waals surface area contributed by atoms with Crippen molar-refractivity contribution in [3.05, 3.63) is 70.2 Å². The van der Waals surface area contributed by atoms with Crippen LogP contribution in [0.5, 0.6) is 0 Å². The molecule has 3 unspecified atom stereocenters. The van der Waals surface area contributed by atoms with Crippen LogP contribution in [0.2, 0.25) is 0 Å². The van der Waals surface area contributed by atoms with Crippen molar-refractivity contribution in [2.24, 2.45) is 0 Å². The first-order chi connectivity index (χ1) is 13.1. The summed E-state index contributed by atoms with van der Waals surface area (Å²) < 4.78 is 6.96. The fourth-order valence-electron chi connectivity index (χ4n) is 4.53. The summed E-state index contributed by atoms with van der Waals surface area (Å²) in [7, 11) is 0. The molecule has 2 heterocycles. The van der Waals surface area contributed by atoms with Crippen LogP contribution >= 0.6 is 15.9 Å². The lowest BCUT2D eigenvalue weighted by molar-refractivity contribution is -0.154. The molecular weight excluding hydrogens is 402 g/mol. The van der Waals surface area contributed by atoms with Crippen molar-refractivity contribution in [2.75, 3.05) is 0 Å². The van der Waals surface area contributed by atoms with Gasteiger partial charge in [0.25, 0.3) is 0 Å². The second-order valence-electron chi connectivity index (χ2n) is 7.85. The van der Waals surface area contributed by atoms with Gasteiger partial charge in [-0.25, -0.2) is 0 Å². The molecule has 3 nitrogen and oxygen atoms in total. The molecule has 2 bridgehead atoms. The molecule has 2 fully saturated rings. The Bertz CT molecular complexity index is 763. The molecule has 0 radical (unpaired) electrons. The lowest BCUT2D eigenvalue weighted by atomic mass is 9.97. The maximum Gasteiger partial charge on any atom is 0.313 e. The number of piperidine rings is 1. The molecule has 0 saturated carbocycles. The summed E-state index contributed by atoms with van der Waals surface area (Å²) in [5.41, 5.74) is 2.38. The Morgan fingerprint density at radius 3 is 2.33 bits per heavy atom. The molecule has 2 saturated heterocycles. The highest BCUT2D eigenvalue weighted by atomic mass is 79.9. The van der Waals surface area contributed by atoms with E-state index in [1.54, 1.807) is 0 Å². The number of fused-ring (bicyclic) bond motifs is 2. The van der Waals surface area contributed by atoms with E-state index in [-0.39, 0.29) is 18.0 Å². The van der Waals surface area contributed by atoms with Crippen LogP contribution in [0.25, 0.3) is 0 Å². The van der Waals surface area contributed by atoms with Crippen LogP contribution in [0.1, 0.15) is 49.7 Å². The van der Waals surface area contributed by atoms with E-state index in [1.165, 1.54) is 18.4 Å². The van der Waals surface area contributed by atoms with Crippen LogP contribution in [0.4, 0.5) is 0 Å². The lowest BCUT2D eigenvalue weighted by Gasteiger charge is -2.38. The van der Waals surface area contributed by atoms with Crippen molar-refractivity contribution >= 4 is 21.9 Å². The van der Waals surface area contributed by atoms with E-state index in [4.69, 9.17) is 4.74 Å². The normalized spacial score (nSPS) is 25.9. The average Bonchev–Trinajstić information content (AvgIpc) is 2.91. The number of esters is 1. The molecule has 3 atom stereocenters. The maximum absolute atomic E-state index is 12.7. The van der Waals surface area contributed by atoms with Gasteiger partial charge in [-0.15, -0.1) is 0 Å². The van der Waals surface area contributed by atoms with E-state index in [0.29, 0.717) is 12.1 Å². The van der Waals surface area contributed by atoms with Crippen LogP contribution in [0.15, 0.2) is 59.1 Å². The summed E-state index contributed by atoms with van der Waals surface area (Å²) in [6.45, 7) is 2.94. The van der Waals surface area contributed by atoms with E-state index >= 15 is 0 Å². The van der Waals surface area contributed by atoms with Crippen molar-refractivity contribution in [3.8, 4) is 0 Å². The minimum Gasteiger partial charge on any atom is -0.462 e. The van der Waals surface area contributed by atoms with Gasteiger partial charge >= 0.3 is 5.97 Å². The Kier molecular flexibility index (Phi) is 5.65. The highest BCUT2D eigenvalue weighted by Crippen LogP contribution is 2.38. The quantitative estimate of drug-likeness (QED) is 0.606. The van der Waals surface area contributed by atoms with Gasteiger partial charge in [0.15, 0.2) is 0 Å². The van der Waals surface area contributed by atoms with E-state index in [9.17, 15) is 4.79 Å². The first kappa shape index (κ1) is 18.7. The number of carbonyl (C=O) groups excluding carboxylic acids is 1. The minimum absolute atomic E-state index is 0.0555. The Morgan fingerprint density at radius 2 is 1.70 bits per heavy atom. The molecule has 0 aliphatic carbocycles. The van der Waals surface area contributed by atoms with Gasteiger partial charge in [0.05, 0.1) is 5.92 Å². The number of rotatable bonds is 5. The fourth-order valence-corrected chi connectivity index (χ4v) is 4.79. The van der Waals surface area contributed by atoms with Crippen molar-refractivity contribution in [1.82, 2.24) is 4.90 Å². The molecule has 2 aliphatic heterocycles. The SMILES string of the molecule is CC(C(=O)OC1CC2CCC(C1)N2Cc1ccccc1)c1ccc(Br)cc1. The monoisotopic (exact) mass is 427 g/mol. The average molecular weight is 428 g/mol. The summed E-state index contributed by atoms with van der Waals surface area (Å²) in [5.74, 6) is -0.323. The minimum atomic E-state index is -0.224. The van der Waals surface area contributed by atoms with Gasteiger partial charge in [0.2, 0.25) is 0 Å². The number of halogens is 1. The number of ether oxygens (including phenoxy) is 1. The largest absolute Gasteiger partial charge is 0.462 e.